The summed E-state index contributed by atoms with van der Waals surface area (Å²) in [5, 5.41) is 1.12. The molecule has 1 aromatic carbocycles. The van der Waals surface area contributed by atoms with Crippen LogP contribution in [0.4, 0.5) is 0 Å². The van der Waals surface area contributed by atoms with Crippen LogP contribution in [0.3, 0.4) is 0 Å². The Labute approximate surface area is 121 Å². The van der Waals surface area contributed by atoms with E-state index in [1.165, 1.54) is 0 Å². The fourth-order valence-electron chi connectivity index (χ4n) is 2.27. The maximum absolute atomic E-state index is 12.7. The molecule has 0 fully saturated rings. The molecule has 0 amide bonds. The van der Waals surface area contributed by atoms with E-state index in [1.54, 1.807) is 17.8 Å². The third kappa shape index (κ3) is 2.33. The van der Waals surface area contributed by atoms with E-state index in [0.29, 0.717) is 16.4 Å². The fraction of sp³-hybridized carbons (Fsp3) is 0.118. The molecular formula is C17H14N2O2. The van der Waals surface area contributed by atoms with Gasteiger partial charge in [-0.1, -0.05) is 12.2 Å². The van der Waals surface area contributed by atoms with Crippen molar-refractivity contribution in [3.05, 3.63) is 69.2 Å². The second kappa shape index (κ2) is 5.27. The molecule has 104 valence electrons. The number of nitrogens with zero attached hydrogens (tertiary/aromatic N) is 2. The van der Waals surface area contributed by atoms with Gasteiger partial charge in [-0.25, -0.2) is 4.98 Å². The zero-order chi connectivity index (χ0) is 14.8. The Hall–Kier alpha value is -2.84. The van der Waals surface area contributed by atoms with Gasteiger partial charge in [-0.2, -0.15) is 0 Å². The van der Waals surface area contributed by atoms with Crippen LogP contribution in [-0.2, 0) is 0 Å². The lowest BCUT2D eigenvalue weighted by molar-refractivity contribution is 0.414. The molecule has 4 nitrogen and oxygen atoms in total. The summed E-state index contributed by atoms with van der Waals surface area (Å²) in [6.07, 6.45) is 7.22. The predicted molar refractivity (Wildman–Crippen MR) is 82.0 cm³/mol. The maximum atomic E-state index is 12.7. The second-order valence-electron chi connectivity index (χ2n) is 4.62. The Kier molecular flexibility index (Phi) is 3.30. The number of hydrogen-bond donors (Lipinski definition) is 0. The Balaban J connectivity index is 2.33. The first-order valence-corrected chi connectivity index (χ1v) is 6.58. The highest BCUT2D eigenvalue weighted by Crippen LogP contribution is 2.13. The highest BCUT2D eigenvalue weighted by Gasteiger charge is 2.07. The molecule has 0 N–H and O–H groups in total. The van der Waals surface area contributed by atoms with Crippen LogP contribution in [0.15, 0.2) is 47.3 Å². The molecule has 0 saturated carbocycles. The van der Waals surface area contributed by atoms with Crippen molar-refractivity contribution in [1.29, 1.82) is 0 Å². The van der Waals surface area contributed by atoms with Gasteiger partial charge in [0.05, 0.1) is 18.1 Å². The molecule has 3 rings (SSSR count). The normalized spacial score (nSPS) is 12.1. The van der Waals surface area contributed by atoms with Crippen molar-refractivity contribution in [2.75, 3.05) is 7.11 Å². The summed E-state index contributed by atoms with van der Waals surface area (Å²) in [7, 11) is 1.61. The monoisotopic (exact) mass is 278 g/mol. The summed E-state index contributed by atoms with van der Waals surface area (Å²) in [6, 6.07) is 7.31. The van der Waals surface area contributed by atoms with Crippen molar-refractivity contribution in [1.82, 2.24) is 9.55 Å². The highest BCUT2D eigenvalue weighted by molar-refractivity contribution is 5.44. The van der Waals surface area contributed by atoms with Crippen molar-refractivity contribution in [3.8, 4) is 11.4 Å². The van der Waals surface area contributed by atoms with Crippen LogP contribution >= 0.6 is 0 Å². The van der Waals surface area contributed by atoms with E-state index in [4.69, 9.17) is 4.74 Å². The Morgan fingerprint density at radius 3 is 2.67 bits per heavy atom. The van der Waals surface area contributed by atoms with Crippen molar-refractivity contribution >= 4 is 11.8 Å². The van der Waals surface area contributed by atoms with Crippen LogP contribution in [0.25, 0.3) is 17.5 Å². The lowest BCUT2D eigenvalue weighted by Crippen LogP contribution is -2.46. The summed E-state index contributed by atoms with van der Waals surface area (Å²) in [5.41, 5.74) is 3.62. The van der Waals surface area contributed by atoms with Gasteiger partial charge in [0, 0.05) is 0 Å². The number of methoxy groups -OCH3 is 1. The van der Waals surface area contributed by atoms with Crippen molar-refractivity contribution in [3.63, 3.8) is 0 Å². The van der Waals surface area contributed by atoms with Crippen molar-refractivity contribution in [2.45, 2.75) is 6.92 Å². The Bertz CT molecular complexity index is 928. The molecule has 21 heavy (non-hydrogen) atoms. The third-order valence-electron chi connectivity index (χ3n) is 3.30. The number of rotatable bonds is 2. The molecule has 1 aliphatic rings. The lowest BCUT2D eigenvalue weighted by Gasteiger charge is -2.09. The number of fused-ring (bicyclic) bond motifs is 1. The topological polar surface area (TPSA) is 44.1 Å². The predicted octanol–water partition coefficient (Wildman–Crippen LogP) is 0.835. The highest BCUT2D eigenvalue weighted by atomic mass is 16.5. The first kappa shape index (κ1) is 13.2. The number of allylic oxidation sites excluding steroid dienone is 3. The maximum Gasteiger partial charge on any atom is 0.273 e. The van der Waals surface area contributed by atoms with Gasteiger partial charge in [0.2, 0.25) is 0 Å². The molecule has 0 atom stereocenters. The van der Waals surface area contributed by atoms with E-state index in [9.17, 15) is 4.79 Å². The summed E-state index contributed by atoms with van der Waals surface area (Å²) < 4.78 is 6.72. The zero-order valence-electron chi connectivity index (χ0n) is 11.8. The van der Waals surface area contributed by atoms with Gasteiger partial charge < -0.3 is 4.74 Å². The average molecular weight is 278 g/mol. The molecule has 1 heterocycles. The smallest absolute Gasteiger partial charge is 0.273 e. The minimum atomic E-state index is -0.126. The van der Waals surface area contributed by atoms with Crippen LogP contribution in [0.2, 0.25) is 0 Å². The second-order valence-corrected chi connectivity index (χ2v) is 4.62. The average Bonchev–Trinajstić information content (AvgIpc) is 2.73. The van der Waals surface area contributed by atoms with Gasteiger partial charge in [0.1, 0.15) is 16.8 Å². The largest absolute Gasteiger partial charge is 0.497 e. The molecule has 0 aliphatic heterocycles. The van der Waals surface area contributed by atoms with Gasteiger partial charge in [0.25, 0.3) is 5.56 Å². The fourth-order valence-corrected chi connectivity index (χ4v) is 2.27. The van der Waals surface area contributed by atoms with E-state index < -0.39 is 0 Å². The van der Waals surface area contributed by atoms with Gasteiger partial charge >= 0.3 is 0 Å². The molecule has 0 spiro atoms. The molecular weight excluding hydrogens is 264 g/mol. The van der Waals surface area contributed by atoms with E-state index in [1.807, 2.05) is 49.4 Å². The van der Waals surface area contributed by atoms with Gasteiger partial charge in [-0.3, -0.25) is 9.36 Å². The van der Waals surface area contributed by atoms with Crippen LogP contribution in [0.5, 0.6) is 5.75 Å². The number of ether oxygens (including phenoxy) is 1. The number of aryl methyl sites for hydroxylation is 1. The van der Waals surface area contributed by atoms with Gasteiger partial charge in [-0.05, 0) is 43.3 Å². The number of aromatic nitrogens is 2. The minimum absolute atomic E-state index is 0.126. The molecule has 1 aromatic heterocycles. The first-order chi connectivity index (χ1) is 10.2. The molecule has 0 radical (unpaired) electrons. The number of hydrogen-bond acceptors (Lipinski definition) is 3. The SMILES string of the molecule is COc1ccc(-n2c(C)nc3c(c2=O)=C=CC=CC=3)cc1. The van der Waals surface area contributed by atoms with Gasteiger partial charge in [-0.15, -0.1) is 5.73 Å². The lowest BCUT2D eigenvalue weighted by atomic mass is 10.2. The summed E-state index contributed by atoms with van der Waals surface area (Å²) >= 11 is 0. The molecule has 0 unspecified atom stereocenters. The first-order valence-electron chi connectivity index (χ1n) is 6.58. The number of benzene rings is 1. The zero-order valence-corrected chi connectivity index (χ0v) is 11.8. The van der Waals surface area contributed by atoms with Crippen LogP contribution in [0, 0.1) is 6.92 Å². The Morgan fingerprint density at radius 1 is 1.19 bits per heavy atom. The van der Waals surface area contributed by atoms with E-state index in [-0.39, 0.29) is 5.56 Å². The summed E-state index contributed by atoms with van der Waals surface area (Å²) in [6.45, 7) is 1.82. The molecule has 0 saturated heterocycles. The molecule has 2 aromatic rings. The molecule has 4 heteroatoms. The minimum Gasteiger partial charge on any atom is -0.497 e. The standard InChI is InChI=1S/C17H14N2O2/c1-12-18-16-7-5-3-4-6-15(16)17(20)19(12)13-8-10-14(21-2)11-9-13/h3-5,7-11H,1-2H3. The third-order valence-corrected chi connectivity index (χ3v) is 3.30. The summed E-state index contributed by atoms with van der Waals surface area (Å²) in [4.78, 5) is 17.2. The quantitative estimate of drug-likeness (QED) is 0.817. The van der Waals surface area contributed by atoms with Crippen molar-refractivity contribution in [2.24, 2.45) is 0 Å². The van der Waals surface area contributed by atoms with E-state index in [2.05, 4.69) is 10.7 Å². The van der Waals surface area contributed by atoms with Gasteiger partial charge in [0.15, 0.2) is 0 Å². The van der Waals surface area contributed by atoms with Crippen molar-refractivity contribution < 1.29 is 4.74 Å². The van der Waals surface area contributed by atoms with Crippen LogP contribution < -0.4 is 20.9 Å². The van der Waals surface area contributed by atoms with E-state index >= 15 is 0 Å². The molecule has 0 bridgehead atoms. The van der Waals surface area contributed by atoms with Crippen LogP contribution in [-0.4, -0.2) is 16.7 Å². The Morgan fingerprint density at radius 2 is 1.95 bits per heavy atom. The summed E-state index contributed by atoms with van der Waals surface area (Å²) in [5.74, 6) is 1.38. The van der Waals surface area contributed by atoms with E-state index in [0.717, 1.165) is 11.4 Å². The van der Waals surface area contributed by atoms with Crippen LogP contribution in [0.1, 0.15) is 5.82 Å². The molecule has 1 aliphatic carbocycles.